The summed E-state index contributed by atoms with van der Waals surface area (Å²) in [5.74, 6) is -0.0963. The van der Waals surface area contributed by atoms with Gasteiger partial charge in [-0.25, -0.2) is 4.68 Å². The molecule has 118 valence electrons. The Labute approximate surface area is 128 Å². The van der Waals surface area contributed by atoms with E-state index in [0.29, 0.717) is 31.4 Å². The van der Waals surface area contributed by atoms with Gasteiger partial charge in [-0.3, -0.25) is 9.59 Å². The van der Waals surface area contributed by atoms with E-state index in [1.54, 1.807) is 0 Å². The van der Waals surface area contributed by atoms with Gasteiger partial charge in [0.15, 0.2) is 0 Å². The van der Waals surface area contributed by atoms with Crippen molar-refractivity contribution in [1.29, 1.82) is 0 Å². The highest BCUT2D eigenvalue weighted by Gasteiger charge is 2.11. The van der Waals surface area contributed by atoms with Crippen LogP contribution in [0.5, 0.6) is 0 Å². The summed E-state index contributed by atoms with van der Waals surface area (Å²) >= 11 is 5.96. The van der Waals surface area contributed by atoms with Crippen LogP contribution in [-0.2, 0) is 20.8 Å². The molecule has 0 atom stereocenters. The van der Waals surface area contributed by atoms with Crippen LogP contribution < -0.4 is 10.9 Å². The highest BCUT2D eigenvalue weighted by atomic mass is 35.5. The molecule has 0 aliphatic heterocycles. The number of aromatic nitrogens is 2. The Morgan fingerprint density at radius 2 is 2.24 bits per heavy atom. The molecule has 0 radical (unpaired) electrons. The fourth-order valence-corrected chi connectivity index (χ4v) is 1.68. The Balaban J connectivity index is 2.59. The second-order valence-corrected chi connectivity index (χ2v) is 5.18. The number of anilines is 1. The van der Waals surface area contributed by atoms with E-state index in [-0.39, 0.29) is 11.6 Å². The first-order valence-corrected chi connectivity index (χ1v) is 6.97. The minimum atomic E-state index is -0.566. The van der Waals surface area contributed by atoms with E-state index in [0.717, 1.165) is 4.68 Å². The number of carbonyl (C=O) groups is 1. The third-order valence-corrected chi connectivity index (χ3v) is 2.87. The zero-order valence-corrected chi connectivity index (χ0v) is 13.1. The van der Waals surface area contributed by atoms with E-state index in [9.17, 15) is 9.59 Å². The van der Waals surface area contributed by atoms with Crippen molar-refractivity contribution < 1.29 is 14.3 Å². The highest BCUT2D eigenvalue weighted by Crippen LogP contribution is 2.14. The van der Waals surface area contributed by atoms with Gasteiger partial charge in [0.05, 0.1) is 25.6 Å². The van der Waals surface area contributed by atoms with E-state index < -0.39 is 11.5 Å². The lowest BCUT2D eigenvalue weighted by atomic mass is 10.2. The molecule has 0 saturated carbocycles. The summed E-state index contributed by atoms with van der Waals surface area (Å²) in [4.78, 5) is 23.0. The number of ether oxygens (including phenoxy) is 2. The zero-order chi connectivity index (χ0) is 15.8. The molecule has 0 unspecified atom stereocenters. The van der Waals surface area contributed by atoms with E-state index in [1.165, 1.54) is 13.3 Å². The van der Waals surface area contributed by atoms with Gasteiger partial charge in [-0.15, -0.1) is 0 Å². The monoisotopic (exact) mass is 317 g/mol. The molecule has 1 aromatic rings. The predicted molar refractivity (Wildman–Crippen MR) is 79.7 cm³/mol. The van der Waals surface area contributed by atoms with Crippen LogP contribution in [0.25, 0.3) is 0 Å². The summed E-state index contributed by atoms with van der Waals surface area (Å²) in [6.45, 7) is 5.54. The topological polar surface area (TPSA) is 82.5 Å². The Morgan fingerprint density at radius 3 is 2.86 bits per heavy atom. The average molecular weight is 318 g/mol. The molecule has 8 heteroatoms. The van der Waals surface area contributed by atoms with Crippen LogP contribution in [0.1, 0.15) is 13.8 Å². The predicted octanol–water partition coefficient (Wildman–Crippen LogP) is 1.15. The maximum Gasteiger partial charge on any atom is 0.327 e. The molecule has 0 aliphatic carbocycles. The van der Waals surface area contributed by atoms with Crippen LogP contribution in [0.2, 0.25) is 5.02 Å². The molecule has 1 heterocycles. The molecule has 0 aromatic carbocycles. The maximum atomic E-state index is 11.9. The number of carbonyl (C=O) groups excluding carboxylic acids is 1. The number of methoxy groups -OCH3 is 1. The van der Waals surface area contributed by atoms with Gasteiger partial charge in [-0.1, -0.05) is 25.4 Å². The first-order chi connectivity index (χ1) is 9.95. The summed E-state index contributed by atoms with van der Waals surface area (Å²) in [7, 11) is 1.24. The first kappa shape index (κ1) is 17.5. The quantitative estimate of drug-likeness (QED) is 0.572. The van der Waals surface area contributed by atoms with Crippen molar-refractivity contribution in [2.45, 2.75) is 20.4 Å². The van der Waals surface area contributed by atoms with Gasteiger partial charge < -0.3 is 14.8 Å². The van der Waals surface area contributed by atoms with Gasteiger partial charge in [0, 0.05) is 13.2 Å². The number of hydrogen-bond donors (Lipinski definition) is 1. The lowest BCUT2D eigenvalue weighted by Gasteiger charge is -2.11. The molecular formula is C13H20ClN3O4. The van der Waals surface area contributed by atoms with Crippen LogP contribution in [0.3, 0.4) is 0 Å². The number of hydrogen-bond acceptors (Lipinski definition) is 6. The van der Waals surface area contributed by atoms with Gasteiger partial charge in [0.25, 0.3) is 5.56 Å². The fraction of sp³-hybridized carbons (Fsp3) is 0.615. The zero-order valence-electron chi connectivity index (χ0n) is 12.4. The van der Waals surface area contributed by atoms with Crippen molar-refractivity contribution in [2.75, 3.05) is 32.2 Å². The van der Waals surface area contributed by atoms with Gasteiger partial charge >= 0.3 is 5.97 Å². The molecule has 0 bridgehead atoms. The normalized spacial score (nSPS) is 10.7. The summed E-state index contributed by atoms with van der Waals surface area (Å²) in [5, 5.41) is 6.83. The molecule has 7 nitrogen and oxygen atoms in total. The highest BCUT2D eigenvalue weighted by molar-refractivity contribution is 6.32. The van der Waals surface area contributed by atoms with Crippen LogP contribution in [0.15, 0.2) is 11.0 Å². The third-order valence-electron chi connectivity index (χ3n) is 2.50. The summed E-state index contributed by atoms with van der Waals surface area (Å²) in [6.07, 6.45) is 1.40. The van der Waals surface area contributed by atoms with Crippen molar-refractivity contribution >= 4 is 23.3 Å². The van der Waals surface area contributed by atoms with Crippen LogP contribution in [0, 0.1) is 5.92 Å². The number of halogens is 1. The molecule has 1 N–H and O–H groups in total. The second-order valence-electron chi connectivity index (χ2n) is 4.81. The number of rotatable bonds is 8. The molecule has 1 aromatic heterocycles. The van der Waals surface area contributed by atoms with Crippen molar-refractivity contribution in [3.05, 3.63) is 21.6 Å². The Kier molecular flexibility index (Phi) is 7.18. The standard InChI is InChI=1S/C13H20ClN3O4/c1-9(2)8-21-5-4-15-10-6-16-17(7-11(18)20-3)13(19)12(10)14/h6,9,15H,4-5,7-8H2,1-3H3. The lowest BCUT2D eigenvalue weighted by Crippen LogP contribution is -2.28. The van der Waals surface area contributed by atoms with Crippen molar-refractivity contribution in [1.82, 2.24) is 9.78 Å². The Hall–Kier alpha value is -1.60. The average Bonchev–Trinajstić information content (AvgIpc) is 2.45. The van der Waals surface area contributed by atoms with Crippen molar-refractivity contribution in [3.63, 3.8) is 0 Å². The third kappa shape index (κ3) is 5.73. The maximum absolute atomic E-state index is 11.9. The first-order valence-electron chi connectivity index (χ1n) is 6.59. The minimum Gasteiger partial charge on any atom is -0.468 e. The number of esters is 1. The van der Waals surface area contributed by atoms with E-state index in [4.69, 9.17) is 16.3 Å². The smallest absolute Gasteiger partial charge is 0.327 e. The molecule has 0 fully saturated rings. The second kappa shape index (κ2) is 8.63. The Bertz CT molecular complexity index is 531. The number of nitrogens with zero attached hydrogens (tertiary/aromatic N) is 2. The SMILES string of the molecule is COC(=O)Cn1ncc(NCCOCC(C)C)c(Cl)c1=O. The largest absolute Gasteiger partial charge is 0.468 e. The molecule has 0 amide bonds. The molecule has 1 rings (SSSR count). The van der Waals surface area contributed by atoms with E-state index in [2.05, 4.69) is 29.0 Å². The van der Waals surface area contributed by atoms with Crippen molar-refractivity contribution in [2.24, 2.45) is 5.92 Å². The minimum absolute atomic E-state index is 0.0160. The lowest BCUT2D eigenvalue weighted by molar-refractivity contribution is -0.141. The van der Waals surface area contributed by atoms with Gasteiger partial charge in [-0.2, -0.15) is 5.10 Å². The summed E-state index contributed by atoms with van der Waals surface area (Å²) < 4.78 is 10.8. The van der Waals surface area contributed by atoms with Gasteiger partial charge in [0.2, 0.25) is 0 Å². The van der Waals surface area contributed by atoms with Crippen LogP contribution in [-0.4, -0.2) is 42.6 Å². The van der Waals surface area contributed by atoms with Crippen LogP contribution in [0.4, 0.5) is 5.69 Å². The number of nitrogens with one attached hydrogen (secondary N) is 1. The van der Waals surface area contributed by atoms with Gasteiger partial charge in [-0.05, 0) is 5.92 Å². The van der Waals surface area contributed by atoms with E-state index >= 15 is 0 Å². The molecule has 0 saturated heterocycles. The van der Waals surface area contributed by atoms with Crippen LogP contribution >= 0.6 is 11.6 Å². The fourth-order valence-electron chi connectivity index (χ4n) is 1.46. The molecular weight excluding hydrogens is 298 g/mol. The Morgan fingerprint density at radius 1 is 1.52 bits per heavy atom. The van der Waals surface area contributed by atoms with Crippen molar-refractivity contribution in [3.8, 4) is 0 Å². The molecule has 21 heavy (non-hydrogen) atoms. The van der Waals surface area contributed by atoms with E-state index in [1.807, 2.05) is 0 Å². The molecule has 0 aliphatic rings. The van der Waals surface area contributed by atoms with Gasteiger partial charge in [0.1, 0.15) is 11.6 Å². The summed E-state index contributed by atoms with van der Waals surface area (Å²) in [5.41, 5.74) is -0.133. The summed E-state index contributed by atoms with van der Waals surface area (Å²) in [6, 6.07) is 0. The molecule has 0 spiro atoms.